The van der Waals surface area contributed by atoms with Gasteiger partial charge >= 0.3 is 0 Å². The molecule has 4 rings (SSSR count). The van der Waals surface area contributed by atoms with E-state index in [2.05, 4.69) is 47.3 Å². The highest BCUT2D eigenvalue weighted by atomic mass is 32.2. The molecule has 4 nitrogen and oxygen atoms in total. The second kappa shape index (κ2) is 7.77. The molecule has 1 amide bonds. The van der Waals surface area contributed by atoms with Gasteiger partial charge in [-0.3, -0.25) is 4.79 Å². The largest absolute Gasteiger partial charge is 0.352 e. The summed E-state index contributed by atoms with van der Waals surface area (Å²) in [7, 11) is 0. The normalized spacial score (nSPS) is 16.3. The standard InChI is InChI=1S/C22H25N3OS/c1-15-10-12-25-20-8-5-17(14-19(20)24-21(25)13-15)22(26)23-11-9-16-3-6-18(27-2)7-4-16/h3-8,14-15H,9-13H2,1-2H3,(H,23,26)/t15-/m0/s1. The number of carbonyl (C=O) groups is 1. The third-order valence-corrected chi connectivity index (χ3v) is 6.07. The maximum absolute atomic E-state index is 12.5. The van der Waals surface area contributed by atoms with E-state index >= 15 is 0 Å². The van der Waals surface area contributed by atoms with E-state index in [1.807, 2.05) is 18.2 Å². The Bertz CT molecular complexity index is 962. The Hall–Kier alpha value is -2.27. The van der Waals surface area contributed by atoms with Gasteiger partial charge in [-0.05, 0) is 60.9 Å². The van der Waals surface area contributed by atoms with Gasteiger partial charge in [-0.1, -0.05) is 19.1 Å². The molecule has 1 atom stereocenters. The summed E-state index contributed by atoms with van der Waals surface area (Å²) in [6, 6.07) is 14.4. The topological polar surface area (TPSA) is 46.9 Å². The molecule has 0 spiro atoms. The molecule has 0 unspecified atom stereocenters. The van der Waals surface area contributed by atoms with E-state index < -0.39 is 0 Å². The third kappa shape index (κ3) is 3.88. The number of nitrogens with one attached hydrogen (secondary N) is 1. The van der Waals surface area contributed by atoms with Crippen LogP contribution in [-0.2, 0) is 19.4 Å². The molecule has 2 aromatic carbocycles. The second-order valence-corrected chi connectivity index (χ2v) is 8.21. The van der Waals surface area contributed by atoms with Crippen molar-refractivity contribution in [1.82, 2.24) is 14.9 Å². The van der Waals surface area contributed by atoms with Crippen molar-refractivity contribution >= 4 is 28.7 Å². The SMILES string of the molecule is CSc1ccc(CCNC(=O)c2ccc3c(c2)nc2n3CC[C@H](C)C2)cc1. The minimum absolute atomic E-state index is 0.0306. The van der Waals surface area contributed by atoms with Gasteiger partial charge in [0.05, 0.1) is 11.0 Å². The number of hydrogen-bond donors (Lipinski definition) is 1. The van der Waals surface area contributed by atoms with Gasteiger partial charge in [-0.2, -0.15) is 0 Å². The molecule has 27 heavy (non-hydrogen) atoms. The Morgan fingerprint density at radius 3 is 2.85 bits per heavy atom. The zero-order chi connectivity index (χ0) is 18.8. The molecule has 1 aliphatic heterocycles. The van der Waals surface area contributed by atoms with E-state index in [1.54, 1.807) is 11.8 Å². The molecule has 5 heteroatoms. The van der Waals surface area contributed by atoms with E-state index in [0.717, 1.165) is 36.2 Å². The summed E-state index contributed by atoms with van der Waals surface area (Å²) in [6.07, 6.45) is 5.12. The molecular weight excluding hydrogens is 354 g/mol. The van der Waals surface area contributed by atoms with Crippen molar-refractivity contribution < 1.29 is 4.79 Å². The number of carbonyl (C=O) groups excluding carboxylic acids is 1. The maximum atomic E-state index is 12.5. The number of aromatic nitrogens is 2. The Morgan fingerprint density at radius 2 is 2.07 bits per heavy atom. The van der Waals surface area contributed by atoms with Crippen LogP contribution >= 0.6 is 11.8 Å². The summed E-state index contributed by atoms with van der Waals surface area (Å²) >= 11 is 1.74. The number of aryl methyl sites for hydroxylation is 1. The third-order valence-electron chi connectivity index (χ3n) is 5.32. The molecule has 1 N–H and O–H groups in total. The fraction of sp³-hybridized carbons (Fsp3) is 0.364. The molecular formula is C22H25N3OS. The van der Waals surface area contributed by atoms with Crippen LogP contribution in [0.5, 0.6) is 0 Å². The number of nitrogens with zero attached hydrogens (tertiary/aromatic N) is 2. The molecule has 0 aliphatic carbocycles. The van der Waals surface area contributed by atoms with Gasteiger partial charge in [-0.25, -0.2) is 4.98 Å². The summed E-state index contributed by atoms with van der Waals surface area (Å²) in [4.78, 5) is 18.6. The van der Waals surface area contributed by atoms with Gasteiger partial charge in [-0.15, -0.1) is 11.8 Å². The summed E-state index contributed by atoms with van der Waals surface area (Å²) in [5.74, 6) is 1.80. The monoisotopic (exact) mass is 379 g/mol. The van der Waals surface area contributed by atoms with Crippen molar-refractivity contribution in [2.75, 3.05) is 12.8 Å². The van der Waals surface area contributed by atoms with Crippen LogP contribution in [-0.4, -0.2) is 28.3 Å². The van der Waals surface area contributed by atoms with Crippen molar-refractivity contribution in [3.05, 3.63) is 59.4 Å². The van der Waals surface area contributed by atoms with Crippen LogP contribution in [0.3, 0.4) is 0 Å². The second-order valence-electron chi connectivity index (χ2n) is 7.34. The van der Waals surface area contributed by atoms with Crippen LogP contribution in [0.2, 0.25) is 0 Å². The average molecular weight is 380 g/mol. The van der Waals surface area contributed by atoms with Crippen LogP contribution in [0.25, 0.3) is 11.0 Å². The van der Waals surface area contributed by atoms with Crippen LogP contribution in [0, 0.1) is 5.92 Å². The van der Waals surface area contributed by atoms with Gasteiger partial charge < -0.3 is 9.88 Å². The first-order chi connectivity index (χ1) is 13.1. The van der Waals surface area contributed by atoms with Crippen molar-refractivity contribution in [3.63, 3.8) is 0 Å². The van der Waals surface area contributed by atoms with E-state index in [1.165, 1.54) is 16.9 Å². The zero-order valence-corrected chi connectivity index (χ0v) is 16.7. The maximum Gasteiger partial charge on any atom is 0.251 e. The number of hydrogen-bond acceptors (Lipinski definition) is 3. The number of imidazole rings is 1. The molecule has 0 radical (unpaired) electrons. The molecule has 0 bridgehead atoms. The van der Waals surface area contributed by atoms with Gasteiger partial charge in [0.1, 0.15) is 5.82 Å². The molecule has 140 valence electrons. The van der Waals surface area contributed by atoms with Crippen molar-refractivity contribution in [2.24, 2.45) is 5.92 Å². The van der Waals surface area contributed by atoms with E-state index in [9.17, 15) is 4.79 Å². The molecule has 0 fully saturated rings. The lowest BCUT2D eigenvalue weighted by molar-refractivity contribution is 0.0954. The van der Waals surface area contributed by atoms with Crippen LogP contribution in [0.4, 0.5) is 0 Å². The predicted octanol–water partition coefficient (Wildman–Crippen LogP) is 4.31. The Balaban J connectivity index is 1.41. The summed E-state index contributed by atoms with van der Waals surface area (Å²) in [5.41, 5.74) is 3.99. The molecule has 0 saturated heterocycles. The fourth-order valence-corrected chi connectivity index (χ4v) is 4.11. The Kier molecular flexibility index (Phi) is 5.21. The first-order valence-corrected chi connectivity index (χ1v) is 10.8. The Labute approximate surface area is 164 Å². The quantitative estimate of drug-likeness (QED) is 0.672. The van der Waals surface area contributed by atoms with Crippen molar-refractivity contribution in [1.29, 1.82) is 0 Å². The highest BCUT2D eigenvalue weighted by Crippen LogP contribution is 2.25. The minimum Gasteiger partial charge on any atom is -0.352 e. The van der Waals surface area contributed by atoms with E-state index in [0.29, 0.717) is 18.0 Å². The molecule has 1 aromatic heterocycles. The lowest BCUT2D eigenvalue weighted by Gasteiger charge is -2.19. The number of thioether (sulfide) groups is 1. The van der Waals surface area contributed by atoms with Gasteiger partial charge in [0.2, 0.25) is 0 Å². The van der Waals surface area contributed by atoms with Crippen LogP contribution in [0.1, 0.15) is 35.1 Å². The van der Waals surface area contributed by atoms with Gasteiger partial charge in [0.25, 0.3) is 5.91 Å². The summed E-state index contributed by atoms with van der Waals surface area (Å²) in [6.45, 7) is 3.93. The molecule has 3 aromatic rings. The summed E-state index contributed by atoms with van der Waals surface area (Å²) < 4.78 is 2.30. The average Bonchev–Trinajstić information content (AvgIpc) is 3.04. The predicted molar refractivity (Wildman–Crippen MR) is 111 cm³/mol. The minimum atomic E-state index is -0.0306. The first kappa shape index (κ1) is 18.1. The lowest BCUT2D eigenvalue weighted by Crippen LogP contribution is -2.25. The molecule has 2 heterocycles. The van der Waals surface area contributed by atoms with Crippen molar-refractivity contribution in [3.8, 4) is 0 Å². The smallest absolute Gasteiger partial charge is 0.251 e. The molecule has 0 saturated carbocycles. The fourth-order valence-electron chi connectivity index (χ4n) is 3.70. The first-order valence-electron chi connectivity index (χ1n) is 9.54. The van der Waals surface area contributed by atoms with E-state index in [-0.39, 0.29) is 5.91 Å². The van der Waals surface area contributed by atoms with Crippen LogP contribution < -0.4 is 5.32 Å². The number of rotatable bonds is 5. The lowest BCUT2D eigenvalue weighted by atomic mass is 10.0. The van der Waals surface area contributed by atoms with E-state index in [4.69, 9.17) is 4.98 Å². The van der Waals surface area contributed by atoms with Crippen LogP contribution in [0.15, 0.2) is 47.4 Å². The highest BCUT2D eigenvalue weighted by Gasteiger charge is 2.19. The zero-order valence-electron chi connectivity index (χ0n) is 15.9. The number of benzene rings is 2. The Morgan fingerprint density at radius 1 is 1.26 bits per heavy atom. The highest BCUT2D eigenvalue weighted by molar-refractivity contribution is 7.98. The number of fused-ring (bicyclic) bond motifs is 3. The van der Waals surface area contributed by atoms with Crippen molar-refractivity contribution in [2.45, 2.75) is 37.6 Å². The summed E-state index contributed by atoms with van der Waals surface area (Å²) in [5, 5.41) is 3.03. The van der Waals surface area contributed by atoms with Gasteiger partial charge in [0, 0.05) is 30.0 Å². The van der Waals surface area contributed by atoms with Gasteiger partial charge in [0.15, 0.2) is 0 Å². The molecule has 1 aliphatic rings. The number of amides is 1.